The van der Waals surface area contributed by atoms with Gasteiger partial charge in [-0.25, -0.2) is 4.39 Å². The lowest BCUT2D eigenvalue weighted by molar-refractivity contribution is 0.762. The highest BCUT2D eigenvalue weighted by Crippen LogP contribution is 2.15. The van der Waals surface area contributed by atoms with Gasteiger partial charge in [0.2, 0.25) is 0 Å². The lowest BCUT2D eigenvalue weighted by Gasteiger charge is -2.00. The van der Waals surface area contributed by atoms with Crippen LogP contribution in [0.25, 0.3) is 5.83 Å². The molecule has 0 bridgehead atoms. The Morgan fingerprint density at radius 1 is 1.31 bits per heavy atom. The van der Waals surface area contributed by atoms with Crippen LogP contribution in [0.15, 0.2) is 30.8 Å². The molecule has 0 saturated carbocycles. The van der Waals surface area contributed by atoms with Crippen LogP contribution in [0.5, 0.6) is 0 Å². The number of rotatable bonds is 4. The number of benzene rings is 1. The van der Waals surface area contributed by atoms with E-state index in [1.807, 2.05) is 12.1 Å². The highest BCUT2D eigenvalue weighted by molar-refractivity contribution is 5.56. The second-order valence-electron chi connectivity index (χ2n) is 3.21. The fourth-order valence-electron chi connectivity index (χ4n) is 1.23. The number of unbranched alkanes of at least 4 members (excludes halogenated alkanes) is 1. The van der Waals surface area contributed by atoms with Crippen molar-refractivity contribution >= 4 is 5.83 Å². The van der Waals surface area contributed by atoms with Crippen LogP contribution in [0.4, 0.5) is 4.39 Å². The van der Waals surface area contributed by atoms with Gasteiger partial charge in [-0.05, 0) is 18.4 Å². The predicted molar refractivity (Wildman–Crippen MR) is 55.2 cm³/mol. The van der Waals surface area contributed by atoms with Gasteiger partial charge in [-0.3, -0.25) is 0 Å². The SMILES string of the molecule is C=C(F)c1ccc(CCCC)cc1. The maximum atomic E-state index is 12.6. The molecule has 0 aliphatic rings. The first-order valence-corrected chi connectivity index (χ1v) is 4.67. The van der Waals surface area contributed by atoms with Crippen molar-refractivity contribution in [1.82, 2.24) is 0 Å². The third kappa shape index (κ3) is 3.02. The third-order valence-corrected chi connectivity index (χ3v) is 2.09. The number of hydrogen-bond acceptors (Lipinski definition) is 0. The Labute approximate surface area is 79.1 Å². The van der Waals surface area contributed by atoms with Gasteiger partial charge in [0.15, 0.2) is 0 Å². The zero-order valence-electron chi connectivity index (χ0n) is 8.02. The molecule has 0 atom stereocenters. The molecule has 1 aromatic carbocycles. The van der Waals surface area contributed by atoms with Gasteiger partial charge in [0.05, 0.1) is 0 Å². The topological polar surface area (TPSA) is 0 Å². The summed E-state index contributed by atoms with van der Waals surface area (Å²) in [4.78, 5) is 0. The molecule has 70 valence electrons. The number of hydrogen-bond donors (Lipinski definition) is 0. The molecule has 0 fully saturated rings. The summed E-state index contributed by atoms with van der Waals surface area (Å²) in [6.45, 7) is 5.41. The largest absolute Gasteiger partial charge is 0.207 e. The van der Waals surface area contributed by atoms with Crippen molar-refractivity contribution in [2.75, 3.05) is 0 Å². The minimum absolute atomic E-state index is 0.359. The second kappa shape index (κ2) is 4.80. The van der Waals surface area contributed by atoms with Crippen molar-refractivity contribution in [3.8, 4) is 0 Å². The smallest absolute Gasteiger partial charge is 0.123 e. The summed E-state index contributed by atoms with van der Waals surface area (Å²) in [6.07, 6.45) is 3.46. The lowest BCUT2D eigenvalue weighted by atomic mass is 10.1. The van der Waals surface area contributed by atoms with E-state index in [1.54, 1.807) is 12.1 Å². The van der Waals surface area contributed by atoms with Gasteiger partial charge in [0.25, 0.3) is 0 Å². The van der Waals surface area contributed by atoms with Crippen molar-refractivity contribution in [3.05, 3.63) is 42.0 Å². The van der Waals surface area contributed by atoms with Gasteiger partial charge in [0.1, 0.15) is 5.83 Å². The molecule has 0 aliphatic heterocycles. The van der Waals surface area contributed by atoms with Gasteiger partial charge < -0.3 is 0 Å². The normalized spacial score (nSPS) is 10.0. The summed E-state index contributed by atoms with van der Waals surface area (Å²) in [7, 11) is 0. The molecule has 0 amide bonds. The van der Waals surface area contributed by atoms with Crippen LogP contribution in [0.3, 0.4) is 0 Å². The molecule has 0 saturated heterocycles. The van der Waals surface area contributed by atoms with E-state index in [0.717, 1.165) is 6.42 Å². The maximum Gasteiger partial charge on any atom is 0.123 e. The van der Waals surface area contributed by atoms with Crippen LogP contribution < -0.4 is 0 Å². The Morgan fingerprint density at radius 2 is 1.92 bits per heavy atom. The summed E-state index contributed by atoms with van der Waals surface area (Å²) in [5.41, 5.74) is 1.85. The van der Waals surface area contributed by atoms with E-state index >= 15 is 0 Å². The van der Waals surface area contributed by atoms with E-state index in [2.05, 4.69) is 13.5 Å². The summed E-state index contributed by atoms with van der Waals surface area (Å²) in [5.74, 6) is -0.359. The fourth-order valence-corrected chi connectivity index (χ4v) is 1.23. The van der Waals surface area contributed by atoms with Gasteiger partial charge in [0, 0.05) is 5.56 Å². The van der Waals surface area contributed by atoms with Gasteiger partial charge in [-0.1, -0.05) is 44.2 Å². The van der Waals surface area contributed by atoms with Crippen molar-refractivity contribution in [2.24, 2.45) is 0 Å². The van der Waals surface area contributed by atoms with Crippen LogP contribution in [-0.4, -0.2) is 0 Å². The van der Waals surface area contributed by atoms with E-state index in [1.165, 1.54) is 18.4 Å². The van der Waals surface area contributed by atoms with Crippen molar-refractivity contribution in [3.63, 3.8) is 0 Å². The molecule has 0 aromatic heterocycles. The van der Waals surface area contributed by atoms with E-state index < -0.39 is 0 Å². The molecule has 0 N–H and O–H groups in total. The Balaban J connectivity index is 2.64. The summed E-state index contributed by atoms with van der Waals surface area (Å²) >= 11 is 0. The first-order valence-electron chi connectivity index (χ1n) is 4.67. The van der Waals surface area contributed by atoms with Crippen molar-refractivity contribution in [1.29, 1.82) is 0 Å². The fraction of sp³-hybridized carbons (Fsp3) is 0.333. The molecular formula is C12H15F. The lowest BCUT2D eigenvalue weighted by Crippen LogP contribution is -1.85. The molecule has 0 aliphatic carbocycles. The molecule has 0 radical (unpaired) electrons. The summed E-state index contributed by atoms with van der Waals surface area (Å²) in [5, 5.41) is 0. The molecule has 1 heteroatoms. The Bertz CT molecular complexity index is 272. The third-order valence-electron chi connectivity index (χ3n) is 2.09. The van der Waals surface area contributed by atoms with Crippen LogP contribution in [0.1, 0.15) is 30.9 Å². The van der Waals surface area contributed by atoms with E-state index in [4.69, 9.17) is 0 Å². The zero-order valence-corrected chi connectivity index (χ0v) is 8.02. The molecule has 0 spiro atoms. The van der Waals surface area contributed by atoms with Gasteiger partial charge >= 0.3 is 0 Å². The first kappa shape index (κ1) is 9.97. The Kier molecular flexibility index (Phi) is 3.69. The zero-order chi connectivity index (χ0) is 9.68. The average Bonchev–Trinajstić information content (AvgIpc) is 2.15. The molecule has 0 heterocycles. The highest BCUT2D eigenvalue weighted by atomic mass is 19.1. The van der Waals surface area contributed by atoms with Crippen molar-refractivity contribution in [2.45, 2.75) is 26.2 Å². The number of aryl methyl sites for hydroxylation is 1. The molecule has 0 nitrogen and oxygen atoms in total. The van der Waals surface area contributed by atoms with Gasteiger partial charge in [-0.15, -0.1) is 0 Å². The van der Waals surface area contributed by atoms with Crippen LogP contribution >= 0.6 is 0 Å². The molecule has 1 rings (SSSR count). The van der Waals surface area contributed by atoms with E-state index in [0.29, 0.717) is 5.56 Å². The molecule has 1 aromatic rings. The standard InChI is InChI=1S/C12H15F/c1-3-4-5-11-6-8-12(9-7-11)10(2)13/h6-9H,2-5H2,1H3. The van der Waals surface area contributed by atoms with Crippen LogP contribution in [-0.2, 0) is 6.42 Å². The average molecular weight is 178 g/mol. The molecule has 0 unspecified atom stereocenters. The van der Waals surface area contributed by atoms with Crippen LogP contribution in [0, 0.1) is 0 Å². The monoisotopic (exact) mass is 178 g/mol. The van der Waals surface area contributed by atoms with Crippen LogP contribution in [0.2, 0.25) is 0 Å². The van der Waals surface area contributed by atoms with E-state index in [9.17, 15) is 4.39 Å². The second-order valence-corrected chi connectivity index (χ2v) is 3.21. The Hall–Kier alpha value is -1.11. The van der Waals surface area contributed by atoms with E-state index in [-0.39, 0.29) is 5.83 Å². The number of halogens is 1. The molecular weight excluding hydrogens is 163 g/mol. The predicted octanol–water partition coefficient (Wildman–Crippen LogP) is 3.97. The maximum absolute atomic E-state index is 12.6. The summed E-state index contributed by atoms with van der Waals surface area (Å²) in [6, 6.07) is 7.51. The van der Waals surface area contributed by atoms with Crippen molar-refractivity contribution < 1.29 is 4.39 Å². The first-order chi connectivity index (χ1) is 6.24. The Morgan fingerprint density at radius 3 is 2.38 bits per heavy atom. The quantitative estimate of drug-likeness (QED) is 0.654. The summed E-state index contributed by atoms with van der Waals surface area (Å²) < 4.78 is 12.6. The minimum atomic E-state index is -0.359. The minimum Gasteiger partial charge on any atom is -0.207 e. The molecule has 13 heavy (non-hydrogen) atoms. The highest BCUT2D eigenvalue weighted by Gasteiger charge is 1.96. The van der Waals surface area contributed by atoms with Gasteiger partial charge in [-0.2, -0.15) is 0 Å².